The van der Waals surface area contributed by atoms with Crippen molar-refractivity contribution in [2.75, 3.05) is 25.1 Å². The third kappa shape index (κ3) is 6.28. The molecule has 3 aliphatic rings. The van der Waals surface area contributed by atoms with Crippen molar-refractivity contribution in [2.45, 2.75) is 77.0 Å². The highest BCUT2D eigenvalue weighted by Crippen LogP contribution is 2.38. The highest BCUT2D eigenvalue weighted by molar-refractivity contribution is 6.12. The van der Waals surface area contributed by atoms with Crippen molar-refractivity contribution in [1.82, 2.24) is 4.90 Å². The molecule has 1 amide bonds. The Morgan fingerprint density at radius 1 is 1.02 bits per heavy atom. The number of fused-ring (bicyclic) bond motifs is 1. The molecule has 2 heterocycles. The molecule has 40 heavy (non-hydrogen) atoms. The molecule has 0 radical (unpaired) electrons. The summed E-state index contributed by atoms with van der Waals surface area (Å²) in [6, 6.07) is 12.2. The molecular weight excluding hydrogens is 509 g/mol. The molecule has 1 aliphatic carbocycles. The molecule has 2 fully saturated rings. The molecule has 1 saturated heterocycles. The number of aliphatic hydroxyl groups is 1. The first-order chi connectivity index (χ1) is 19.1. The molecule has 1 N–H and O–H groups in total. The predicted molar refractivity (Wildman–Crippen MR) is 153 cm³/mol. The zero-order valence-corrected chi connectivity index (χ0v) is 23.7. The number of hydrogen-bond acceptors (Lipinski definition) is 5. The number of nitrogens with zero attached hydrogens (tertiary/aromatic N) is 3. The molecule has 0 atom stereocenters. The molecule has 8 heteroatoms. The van der Waals surface area contributed by atoms with Crippen LogP contribution in [0.15, 0.2) is 47.5 Å². The third-order valence-corrected chi connectivity index (χ3v) is 8.95. The molecule has 0 aromatic heterocycles. The second kappa shape index (κ2) is 11.8. The summed E-state index contributed by atoms with van der Waals surface area (Å²) in [5, 5.41) is 10.4. The fourth-order valence-corrected chi connectivity index (χ4v) is 6.54. The lowest BCUT2D eigenvalue weighted by Gasteiger charge is -2.38. The van der Waals surface area contributed by atoms with Gasteiger partial charge in [0, 0.05) is 30.3 Å². The topological polar surface area (TPSA) is 82.4 Å². The minimum absolute atomic E-state index is 0.0947. The molecule has 2 aromatic carbocycles. The van der Waals surface area contributed by atoms with Gasteiger partial charge in [-0.05, 0) is 113 Å². The van der Waals surface area contributed by atoms with Gasteiger partial charge in [-0.25, -0.2) is 4.39 Å². The number of piperidine rings is 1. The number of methoxy groups -OCH3 is 1. The Morgan fingerprint density at radius 2 is 1.70 bits per heavy atom. The molecule has 2 aromatic rings. The van der Waals surface area contributed by atoms with Crippen LogP contribution >= 0.6 is 0 Å². The van der Waals surface area contributed by atoms with Gasteiger partial charge in [-0.2, -0.15) is 4.99 Å². The monoisotopic (exact) mass is 549 g/mol. The molecule has 7 nitrogen and oxygen atoms in total. The molecule has 5 rings (SSSR count). The van der Waals surface area contributed by atoms with Gasteiger partial charge in [0.25, 0.3) is 5.91 Å². The Balaban J connectivity index is 1.37. The maximum absolute atomic E-state index is 13.4. The highest BCUT2D eigenvalue weighted by atomic mass is 19.1. The second-order valence-corrected chi connectivity index (χ2v) is 12.1. The molecular formula is C32H40FN3O4. The second-order valence-electron chi connectivity index (χ2n) is 12.1. The molecule has 2 aliphatic heterocycles. The van der Waals surface area contributed by atoms with Crippen LogP contribution in [0, 0.1) is 17.7 Å². The fourth-order valence-electron chi connectivity index (χ4n) is 6.54. The number of amidine groups is 1. The maximum atomic E-state index is 13.4. The number of benzene rings is 2. The van der Waals surface area contributed by atoms with Crippen molar-refractivity contribution in [3.8, 4) is 0 Å². The zero-order chi connectivity index (χ0) is 28.4. The Kier molecular flexibility index (Phi) is 8.38. The number of carbonyl (C=O) groups excluding carboxylic acids is 2. The van der Waals surface area contributed by atoms with E-state index in [2.05, 4.69) is 33.0 Å². The van der Waals surface area contributed by atoms with Gasteiger partial charge in [-0.3, -0.25) is 14.5 Å². The number of rotatable bonds is 6. The lowest BCUT2D eigenvalue weighted by molar-refractivity contribution is -0.146. The van der Waals surface area contributed by atoms with E-state index in [1.54, 1.807) is 0 Å². The predicted octanol–water partition coefficient (Wildman–Crippen LogP) is 5.14. The van der Waals surface area contributed by atoms with Gasteiger partial charge in [-0.1, -0.05) is 12.1 Å². The fraction of sp³-hybridized carbons (Fsp3) is 0.531. The van der Waals surface area contributed by atoms with Crippen LogP contribution in [0.25, 0.3) is 0 Å². The van der Waals surface area contributed by atoms with Gasteiger partial charge in [0.05, 0.1) is 18.6 Å². The summed E-state index contributed by atoms with van der Waals surface area (Å²) in [7, 11) is 1.44. The van der Waals surface area contributed by atoms with Crippen LogP contribution in [0.5, 0.6) is 0 Å². The number of esters is 1. The van der Waals surface area contributed by atoms with Crippen molar-refractivity contribution in [3.63, 3.8) is 0 Å². The van der Waals surface area contributed by atoms with Crippen molar-refractivity contribution >= 4 is 23.4 Å². The Hall–Kier alpha value is -3.10. The number of aliphatic imine (C=N–C) groups is 1. The van der Waals surface area contributed by atoms with E-state index in [1.165, 1.54) is 36.9 Å². The summed E-state index contributed by atoms with van der Waals surface area (Å²) in [5.41, 5.74) is 3.13. The minimum Gasteiger partial charge on any atom is -0.469 e. The van der Waals surface area contributed by atoms with Crippen molar-refractivity contribution in [3.05, 3.63) is 65.0 Å². The van der Waals surface area contributed by atoms with E-state index in [1.807, 2.05) is 13.8 Å². The van der Waals surface area contributed by atoms with Gasteiger partial charge in [0.1, 0.15) is 11.7 Å². The van der Waals surface area contributed by atoms with E-state index >= 15 is 0 Å². The Labute approximate surface area is 236 Å². The van der Waals surface area contributed by atoms with Gasteiger partial charge < -0.3 is 14.7 Å². The van der Waals surface area contributed by atoms with Crippen molar-refractivity contribution in [1.29, 1.82) is 0 Å². The highest BCUT2D eigenvalue weighted by Gasteiger charge is 2.37. The summed E-state index contributed by atoms with van der Waals surface area (Å²) in [5.74, 6) is -0.00552. The number of likely N-dealkylation sites (tertiary alicyclic amines) is 1. The van der Waals surface area contributed by atoms with E-state index < -0.39 is 11.4 Å². The number of ether oxygens (including phenoxy) is 1. The summed E-state index contributed by atoms with van der Waals surface area (Å²) >= 11 is 0. The minimum atomic E-state index is -0.645. The largest absolute Gasteiger partial charge is 0.469 e. The van der Waals surface area contributed by atoms with Crippen LogP contribution in [0.4, 0.5) is 10.1 Å². The van der Waals surface area contributed by atoms with E-state index in [0.29, 0.717) is 23.7 Å². The van der Waals surface area contributed by atoms with Crippen LogP contribution in [0.1, 0.15) is 73.9 Å². The first kappa shape index (κ1) is 28.4. The Morgan fingerprint density at radius 3 is 2.33 bits per heavy atom. The lowest BCUT2D eigenvalue weighted by Crippen LogP contribution is -2.42. The van der Waals surface area contributed by atoms with Crippen LogP contribution < -0.4 is 4.90 Å². The summed E-state index contributed by atoms with van der Waals surface area (Å²) in [6.45, 7) is 6.54. The lowest BCUT2D eigenvalue weighted by atomic mass is 9.83. The molecule has 0 spiro atoms. The van der Waals surface area contributed by atoms with Gasteiger partial charge >= 0.3 is 5.97 Å². The number of amides is 1. The zero-order valence-electron chi connectivity index (χ0n) is 23.7. The molecule has 214 valence electrons. The standard InChI is InChI=1S/C32H40FN3O4/c1-32(2,39)25-14-16-35(17-15-25)20-21-4-5-24-19-29(34-30(37)22-6-10-26(33)11-7-22)36(28(24)18-21)27-12-8-23(9-13-27)31(38)40-3/h4-7,10-11,18,23,25,27,39H,8-9,12-17,19-20H2,1-3H3. The molecule has 0 unspecified atom stereocenters. The average molecular weight is 550 g/mol. The molecule has 0 bridgehead atoms. The van der Waals surface area contributed by atoms with E-state index in [4.69, 9.17) is 4.74 Å². The van der Waals surface area contributed by atoms with Gasteiger partial charge in [0.2, 0.25) is 0 Å². The quantitative estimate of drug-likeness (QED) is 0.503. The summed E-state index contributed by atoms with van der Waals surface area (Å²) in [6.07, 6.45) is 5.58. The van der Waals surface area contributed by atoms with Crippen LogP contribution in [0.2, 0.25) is 0 Å². The van der Waals surface area contributed by atoms with Gasteiger partial charge in [0.15, 0.2) is 0 Å². The average Bonchev–Trinajstić information content (AvgIpc) is 3.29. The SMILES string of the molecule is COC(=O)C1CCC(N2C(=NC(=O)c3ccc(F)cc3)Cc3ccc(CN4CCC(C(C)(C)O)CC4)cc32)CC1. The van der Waals surface area contributed by atoms with Crippen LogP contribution in [-0.4, -0.2) is 59.6 Å². The summed E-state index contributed by atoms with van der Waals surface area (Å²) < 4.78 is 18.4. The van der Waals surface area contributed by atoms with Gasteiger partial charge in [-0.15, -0.1) is 0 Å². The van der Waals surface area contributed by atoms with Crippen molar-refractivity contribution < 1.29 is 23.8 Å². The van der Waals surface area contributed by atoms with E-state index in [9.17, 15) is 19.1 Å². The van der Waals surface area contributed by atoms with Crippen LogP contribution in [0.3, 0.4) is 0 Å². The van der Waals surface area contributed by atoms with E-state index in [-0.39, 0.29) is 23.8 Å². The third-order valence-electron chi connectivity index (χ3n) is 8.95. The maximum Gasteiger partial charge on any atom is 0.308 e. The number of anilines is 1. The normalized spacial score (nSPS) is 23.3. The van der Waals surface area contributed by atoms with Crippen LogP contribution in [-0.2, 0) is 22.5 Å². The molecule has 1 saturated carbocycles. The first-order valence-corrected chi connectivity index (χ1v) is 14.4. The number of carbonyl (C=O) groups is 2. The van der Waals surface area contributed by atoms with E-state index in [0.717, 1.165) is 69.4 Å². The summed E-state index contributed by atoms with van der Waals surface area (Å²) in [4.78, 5) is 34.4. The number of halogens is 1. The number of hydrogen-bond donors (Lipinski definition) is 1. The smallest absolute Gasteiger partial charge is 0.308 e. The van der Waals surface area contributed by atoms with Crippen molar-refractivity contribution in [2.24, 2.45) is 16.8 Å². The first-order valence-electron chi connectivity index (χ1n) is 14.4. The Bertz CT molecular complexity index is 1250.